The molecule has 2 atom stereocenters. The number of carbonyl (C=O) groups is 2. The number of nitrogens with zero attached hydrogens (tertiary/aromatic N) is 2. The first-order chi connectivity index (χ1) is 11.1. The summed E-state index contributed by atoms with van der Waals surface area (Å²) < 4.78 is 5.43. The summed E-state index contributed by atoms with van der Waals surface area (Å²) in [6.45, 7) is 3.44. The number of likely N-dealkylation sites (tertiary alicyclic amines) is 1. The second-order valence-electron chi connectivity index (χ2n) is 6.00. The van der Waals surface area contributed by atoms with Gasteiger partial charge in [-0.2, -0.15) is 0 Å². The van der Waals surface area contributed by atoms with Crippen LogP contribution in [0.4, 0.5) is 5.69 Å². The highest BCUT2D eigenvalue weighted by Crippen LogP contribution is 2.33. The summed E-state index contributed by atoms with van der Waals surface area (Å²) in [6.07, 6.45) is -0.636. The first-order valence-corrected chi connectivity index (χ1v) is 7.64. The molecule has 0 aromatic heterocycles. The van der Waals surface area contributed by atoms with Crippen LogP contribution >= 0.6 is 11.6 Å². The monoisotopic (exact) mass is 356 g/mol. The molecule has 24 heavy (non-hydrogen) atoms. The van der Waals surface area contributed by atoms with Gasteiger partial charge in [0.2, 0.25) is 0 Å². The zero-order valence-electron chi connectivity index (χ0n) is 13.2. The molecule has 2 unspecified atom stereocenters. The number of carbonyl (C=O) groups excluding carboxylic acids is 1. The number of hydrogen-bond donors (Lipinski definition) is 1. The predicted octanol–water partition coefficient (Wildman–Crippen LogP) is 2.34. The molecule has 1 N–H and O–H groups in total. The highest BCUT2D eigenvalue weighted by molar-refractivity contribution is 6.30. The van der Waals surface area contributed by atoms with Crippen molar-refractivity contribution in [2.75, 3.05) is 13.1 Å². The van der Waals surface area contributed by atoms with Crippen molar-refractivity contribution in [3.8, 4) is 5.75 Å². The van der Waals surface area contributed by atoms with Crippen LogP contribution in [0.2, 0.25) is 5.02 Å². The van der Waals surface area contributed by atoms with E-state index >= 15 is 0 Å². The molecule has 0 aliphatic carbocycles. The Hall–Kier alpha value is -2.35. The van der Waals surface area contributed by atoms with Gasteiger partial charge in [-0.3, -0.25) is 19.7 Å². The number of carboxylic acid groups (broad SMARTS) is 1. The van der Waals surface area contributed by atoms with Gasteiger partial charge in [0.15, 0.2) is 11.9 Å². The number of benzene rings is 1. The first-order valence-electron chi connectivity index (χ1n) is 7.27. The Bertz CT molecular complexity index is 695. The number of amides is 1. The minimum atomic E-state index is -0.985. The molecular weight excluding hydrogens is 340 g/mol. The molecule has 1 heterocycles. The molecule has 8 nitrogen and oxygen atoms in total. The van der Waals surface area contributed by atoms with E-state index in [9.17, 15) is 24.8 Å². The number of ether oxygens (including phenoxy) is 1. The fraction of sp³-hybridized carbons (Fsp3) is 0.467. The van der Waals surface area contributed by atoms with Gasteiger partial charge in [-0.15, -0.1) is 0 Å². The van der Waals surface area contributed by atoms with Gasteiger partial charge in [0.05, 0.1) is 10.3 Å². The summed E-state index contributed by atoms with van der Waals surface area (Å²) in [7, 11) is 0. The molecule has 9 heteroatoms. The van der Waals surface area contributed by atoms with E-state index in [0.29, 0.717) is 13.0 Å². The minimum absolute atomic E-state index is 0.0644. The van der Waals surface area contributed by atoms with Crippen LogP contribution in [0, 0.1) is 15.5 Å². The Balaban J connectivity index is 2.11. The van der Waals surface area contributed by atoms with Crippen LogP contribution in [0.5, 0.6) is 5.75 Å². The third-order valence-corrected chi connectivity index (χ3v) is 4.31. The zero-order chi connectivity index (χ0) is 18.1. The van der Waals surface area contributed by atoms with Crippen LogP contribution in [-0.2, 0) is 9.59 Å². The number of rotatable bonds is 5. The lowest BCUT2D eigenvalue weighted by Gasteiger charge is -2.23. The van der Waals surface area contributed by atoms with Crippen LogP contribution in [0.1, 0.15) is 20.3 Å². The molecule has 0 saturated carbocycles. The van der Waals surface area contributed by atoms with E-state index in [0.717, 1.165) is 6.07 Å². The van der Waals surface area contributed by atoms with Gasteiger partial charge in [-0.05, 0) is 32.4 Å². The number of nitro groups is 1. The minimum Gasteiger partial charge on any atom is -0.481 e. The van der Waals surface area contributed by atoms with Gasteiger partial charge in [-0.1, -0.05) is 11.6 Å². The number of carboxylic acids is 1. The average Bonchev–Trinajstić information content (AvgIpc) is 2.92. The standard InChI is InChI=1S/C15H17ClN2O6/c1-9(13(19)17-6-5-15(2,8-17)14(20)21)24-12-4-3-10(16)7-11(12)18(22)23/h3-4,7,9H,5-6,8H2,1-2H3,(H,20,21). The highest BCUT2D eigenvalue weighted by Gasteiger charge is 2.43. The zero-order valence-corrected chi connectivity index (χ0v) is 13.9. The molecule has 1 amide bonds. The number of hydrogen-bond acceptors (Lipinski definition) is 5. The Labute approximate surface area is 143 Å². The van der Waals surface area contributed by atoms with Crippen LogP contribution < -0.4 is 4.74 Å². The second kappa shape index (κ2) is 6.64. The molecule has 1 aliphatic rings. The van der Waals surface area contributed by atoms with E-state index in [2.05, 4.69) is 0 Å². The van der Waals surface area contributed by atoms with Crippen LogP contribution in [-0.4, -0.2) is 46.0 Å². The lowest BCUT2D eigenvalue weighted by atomic mass is 9.90. The Morgan fingerprint density at radius 2 is 2.17 bits per heavy atom. The van der Waals surface area contributed by atoms with Gasteiger partial charge < -0.3 is 14.7 Å². The first kappa shape index (κ1) is 18.0. The van der Waals surface area contributed by atoms with Crippen molar-refractivity contribution in [3.05, 3.63) is 33.3 Å². The summed E-state index contributed by atoms with van der Waals surface area (Å²) in [5.41, 5.74) is -1.32. The fourth-order valence-electron chi connectivity index (χ4n) is 2.55. The van der Waals surface area contributed by atoms with Crippen molar-refractivity contribution in [1.29, 1.82) is 0 Å². The summed E-state index contributed by atoms with van der Waals surface area (Å²) in [4.78, 5) is 35.5. The molecule has 1 aromatic rings. The van der Waals surface area contributed by atoms with Crippen molar-refractivity contribution in [2.24, 2.45) is 5.41 Å². The second-order valence-corrected chi connectivity index (χ2v) is 6.44. The molecule has 0 bridgehead atoms. The summed E-state index contributed by atoms with van der Waals surface area (Å²) >= 11 is 5.73. The quantitative estimate of drug-likeness (QED) is 0.640. The molecule has 2 rings (SSSR count). The van der Waals surface area contributed by atoms with Gasteiger partial charge in [0.1, 0.15) is 0 Å². The van der Waals surface area contributed by atoms with Crippen molar-refractivity contribution in [3.63, 3.8) is 0 Å². The third-order valence-electron chi connectivity index (χ3n) is 4.07. The maximum absolute atomic E-state index is 12.4. The van der Waals surface area contributed by atoms with Crippen LogP contribution in [0.15, 0.2) is 18.2 Å². The summed E-state index contributed by atoms with van der Waals surface area (Å²) in [5, 5.41) is 20.4. The predicted molar refractivity (Wildman–Crippen MR) is 85.1 cm³/mol. The van der Waals surface area contributed by atoms with E-state index in [4.69, 9.17) is 16.3 Å². The SMILES string of the molecule is CC(Oc1ccc(Cl)cc1[N+](=O)[O-])C(=O)N1CCC(C)(C(=O)O)C1. The van der Waals surface area contributed by atoms with Crippen LogP contribution in [0.3, 0.4) is 0 Å². The van der Waals surface area contributed by atoms with E-state index < -0.39 is 28.3 Å². The molecule has 1 fully saturated rings. The Kier molecular flexibility index (Phi) is 4.98. The Morgan fingerprint density at radius 1 is 1.50 bits per heavy atom. The number of aliphatic carboxylic acids is 1. The maximum Gasteiger partial charge on any atom is 0.312 e. The molecule has 1 aliphatic heterocycles. The smallest absolute Gasteiger partial charge is 0.312 e. The van der Waals surface area contributed by atoms with Crippen molar-refractivity contribution in [1.82, 2.24) is 4.90 Å². The van der Waals surface area contributed by atoms with E-state index in [-0.39, 0.29) is 23.0 Å². The van der Waals surface area contributed by atoms with E-state index in [1.54, 1.807) is 6.92 Å². The summed E-state index contributed by atoms with van der Waals surface area (Å²) in [6, 6.07) is 3.90. The fourth-order valence-corrected chi connectivity index (χ4v) is 2.72. The molecule has 1 aromatic carbocycles. The average molecular weight is 357 g/mol. The topological polar surface area (TPSA) is 110 Å². The molecular formula is C15H17ClN2O6. The molecule has 1 saturated heterocycles. The molecule has 130 valence electrons. The lowest BCUT2D eigenvalue weighted by Crippen LogP contribution is -2.41. The number of nitro benzene ring substituents is 1. The Morgan fingerprint density at radius 3 is 2.71 bits per heavy atom. The third kappa shape index (κ3) is 3.59. The van der Waals surface area contributed by atoms with E-state index in [1.807, 2.05) is 0 Å². The summed E-state index contributed by atoms with van der Waals surface area (Å²) in [5.74, 6) is -1.44. The van der Waals surface area contributed by atoms with Crippen molar-refractivity contribution >= 4 is 29.2 Å². The normalized spacial score (nSPS) is 21.4. The number of halogens is 1. The van der Waals surface area contributed by atoms with Gasteiger partial charge in [-0.25, -0.2) is 0 Å². The largest absolute Gasteiger partial charge is 0.481 e. The van der Waals surface area contributed by atoms with E-state index in [1.165, 1.54) is 24.0 Å². The van der Waals surface area contributed by atoms with Gasteiger partial charge in [0, 0.05) is 24.2 Å². The lowest BCUT2D eigenvalue weighted by molar-refractivity contribution is -0.386. The van der Waals surface area contributed by atoms with Gasteiger partial charge in [0.25, 0.3) is 5.91 Å². The van der Waals surface area contributed by atoms with Crippen LogP contribution in [0.25, 0.3) is 0 Å². The molecule has 0 radical (unpaired) electrons. The van der Waals surface area contributed by atoms with Crippen molar-refractivity contribution < 1.29 is 24.4 Å². The van der Waals surface area contributed by atoms with Crippen molar-refractivity contribution in [2.45, 2.75) is 26.4 Å². The van der Waals surface area contributed by atoms with Gasteiger partial charge >= 0.3 is 11.7 Å². The molecule has 0 spiro atoms. The maximum atomic E-state index is 12.4. The highest BCUT2D eigenvalue weighted by atomic mass is 35.5.